The number of carbonyl (C=O) groups excluding carboxylic acids is 1. The molecule has 0 aromatic heterocycles. The van der Waals surface area contributed by atoms with Crippen LogP contribution in [0.5, 0.6) is 0 Å². The molecule has 2 N–H and O–H groups in total. The summed E-state index contributed by atoms with van der Waals surface area (Å²) in [4.78, 5) is 12.4. The van der Waals surface area contributed by atoms with Crippen molar-refractivity contribution in [2.45, 2.75) is 17.9 Å². The first-order chi connectivity index (χ1) is 12.4. The van der Waals surface area contributed by atoms with Gasteiger partial charge in [0.05, 0.1) is 22.6 Å². The number of hydrogen-bond donors (Lipinski definition) is 2. The zero-order valence-corrected chi connectivity index (χ0v) is 15.1. The third-order valence-electron chi connectivity index (χ3n) is 3.73. The van der Waals surface area contributed by atoms with E-state index in [1.54, 1.807) is 24.3 Å². The molecule has 0 saturated carbocycles. The van der Waals surface area contributed by atoms with Crippen molar-refractivity contribution in [3.05, 3.63) is 77.9 Å². The summed E-state index contributed by atoms with van der Waals surface area (Å²) >= 11 is 0. The smallest absolute Gasteiger partial charge is 0.251 e. The summed E-state index contributed by atoms with van der Waals surface area (Å²) in [6, 6.07) is 14.4. The first-order valence-corrected chi connectivity index (χ1v) is 9.37. The Balaban J connectivity index is 2.07. The second kappa shape index (κ2) is 8.43. The number of nitriles is 1. The highest BCUT2D eigenvalue weighted by molar-refractivity contribution is 7.89. The highest BCUT2D eigenvalue weighted by atomic mass is 32.2. The Morgan fingerprint density at radius 3 is 2.35 bits per heavy atom. The average Bonchev–Trinajstić information content (AvgIpc) is 2.66. The third kappa shape index (κ3) is 4.79. The van der Waals surface area contributed by atoms with E-state index in [9.17, 15) is 13.2 Å². The van der Waals surface area contributed by atoms with Gasteiger partial charge in [0, 0.05) is 12.1 Å². The number of nitrogens with zero attached hydrogens (tertiary/aromatic N) is 1. The predicted octanol–water partition coefficient (Wildman–Crippen LogP) is 2.51. The monoisotopic (exact) mass is 369 g/mol. The van der Waals surface area contributed by atoms with Gasteiger partial charge >= 0.3 is 0 Å². The van der Waals surface area contributed by atoms with Crippen LogP contribution in [-0.4, -0.2) is 20.9 Å². The molecule has 0 saturated heterocycles. The molecule has 0 aliphatic rings. The maximum Gasteiger partial charge on any atom is 0.251 e. The number of hydrogen-bond acceptors (Lipinski definition) is 4. The number of nitrogens with one attached hydrogen (secondary N) is 2. The fraction of sp³-hybridized carbons (Fsp3) is 0.158. The molecule has 2 aromatic carbocycles. The van der Waals surface area contributed by atoms with Crippen LogP contribution in [0, 0.1) is 11.3 Å². The number of sulfonamides is 1. The van der Waals surface area contributed by atoms with Crippen LogP contribution in [0.25, 0.3) is 0 Å². The minimum Gasteiger partial charge on any atom is -0.346 e. The SMILES string of the molecule is C=CCNS(=O)(=O)c1ccc(C(=O)NC(C)c2ccc(C#N)cc2)cc1. The van der Waals surface area contributed by atoms with Crippen molar-refractivity contribution < 1.29 is 13.2 Å². The van der Waals surface area contributed by atoms with Crippen LogP contribution in [0.3, 0.4) is 0 Å². The highest BCUT2D eigenvalue weighted by Gasteiger charge is 2.15. The molecule has 0 fully saturated rings. The predicted molar refractivity (Wildman–Crippen MR) is 98.9 cm³/mol. The Kier molecular flexibility index (Phi) is 6.28. The Morgan fingerprint density at radius 1 is 1.19 bits per heavy atom. The number of carbonyl (C=O) groups is 1. The van der Waals surface area contributed by atoms with E-state index in [0.29, 0.717) is 11.1 Å². The normalized spacial score (nSPS) is 12.0. The molecule has 1 amide bonds. The van der Waals surface area contributed by atoms with Crippen LogP contribution in [0.2, 0.25) is 0 Å². The topological polar surface area (TPSA) is 99.1 Å². The van der Waals surface area contributed by atoms with Gasteiger partial charge in [-0.3, -0.25) is 4.79 Å². The van der Waals surface area contributed by atoms with Crippen molar-refractivity contribution in [1.29, 1.82) is 5.26 Å². The maximum atomic E-state index is 12.3. The molecule has 0 radical (unpaired) electrons. The molecule has 26 heavy (non-hydrogen) atoms. The van der Waals surface area contributed by atoms with Crippen molar-refractivity contribution in [1.82, 2.24) is 10.0 Å². The van der Waals surface area contributed by atoms with E-state index < -0.39 is 10.0 Å². The lowest BCUT2D eigenvalue weighted by Gasteiger charge is -2.14. The summed E-state index contributed by atoms with van der Waals surface area (Å²) in [5, 5.41) is 11.7. The first kappa shape index (κ1) is 19.4. The molecule has 0 bridgehead atoms. The molecule has 134 valence electrons. The van der Waals surface area contributed by atoms with Gasteiger partial charge in [-0.15, -0.1) is 6.58 Å². The average molecular weight is 369 g/mol. The molecule has 0 spiro atoms. The molecule has 1 atom stereocenters. The van der Waals surface area contributed by atoms with E-state index in [1.165, 1.54) is 30.3 Å². The lowest BCUT2D eigenvalue weighted by Crippen LogP contribution is -2.27. The third-order valence-corrected chi connectivity index (χ3v) is 5.17. The van der Waals surface area contributed by atoms with E-state index in [2.05, 4.69) is 16.6 Å². The zero-order chi connectivity index (χ0) is 19.2. The number of amides is 1. The van der Waals surface area contributed by atoms with E-state index in [4.69, 9.17) is 5.26 Å². The molecule has 2 rings (SSSR count). The molecule has 0 aliphatic heterocycles. The molecule has 1 unspecified atom stereocenters. The van der Waals surface area contributed by atoms with Crippen molar-refractivity contribution >= 4 is 15.9 Å². The fourth-order valence-electron chi connectivity index (χ4n) is 2.25. The van der Waals surface area contributed by atoms with Gasteiger partial charge in [0.2, 0.25) is 10.0 Å². The molecular weight excluding hydrogens is 350 g/mol. The van der Waals surface area contributed by atoms with Crippen molar-refractivity contribution in [3.63, 3.8) is 0 Å². The minimum absolute atomic E-state index is 0.0797. The second-order valence-corrected chi connectivity index (χ2v) is 7.36. The highest BCUT2D eigenvalue weighted by Crippen LogP contribution is 2.15. The van der Waals surface area contributed by atoms with E-state index in [-0.39, 0.29) is 23.4 Å². The van der Waals surface area contributed by atoms with Gasteiger partial charge < -0.3 is 5.32 Å². The lowest BCUT2D eigenvalue weighted by molar-refractivity contribution is 0.0940. The Bertz CT molecular complexity index is 927. The standard InChI is InChI=1S/C19H19N3O3S/c1-3-12-21-26(24,25)18-10-8-17(9-11-18)19(23)22-14(2)16-6-4-15(13-20)5-7-16/h3-11,14,21H,1,12H2,2H3,(H,22,23). The van der Waals surface area contributed by atoms with Gasteiger partial charge in [0.25, 0.3) is 5.91 Å². The number of rotatable bonds is 7. The first-order valence-electron chi connectivity index (χ1n) is 7.89. The van der Waals surface area contributed by atoms with Gasteiger partial charge in [0.1, 0.15) is 0 Å². The summed E-state index contributed by atoms with van der Waals surface area (Å²) in [6.07, 6.45) is 1.45. The molecule has 0 aliphatic carbocycles. The summed E-state index contributed by atoms with van der Waals surface area (Å²) in [7, 11) is -3.62. The van der Waals surface area contributed by atoms with E-state index >= 15 is 0 Å². The molecule has 7 heteroatoms. The summed E-state index contributed by atoms with van der Waals surface area (Å²) in [6.45, 7) is 5.42. The van der Waals surface area contributed by atoms with Gasteiger partial charge in [-0.1, -0.05) is 18.2 Å². The van der Waals surface area contributed by atoms with Crippen LogP contribution >= 0.6 is 0 Å². The van der Waals surface area contributed by atoms with Crippen molar-refractivity contribution in [2.75, 3.05) is 6.54 Å². The fourth-order valence-corrected chi connectivity index (χ4v) is 3.25. The summed E-state index contributed by atoms with van der Waals surface area (Å²) < 4.78 is 26.4. The molecule has 6 nitrogen and oxygen atoms in total. The van der Waals surface area contributed by atoms with Gasteiger partial charge in [-0.25, -0.2) is 13.1 Å². The molecular formula is C19H19N3O3S. The Hall–Kier alpha value is -2.95. The van der Waals surface area contributed by atoms with Crippen LogP contribution in [0.15, 0.2) is 66.1 Å². The van der Waals surface area contributed by atoms with Crippen LogP contribution in [-0.2, 0) is 10.0 Å². The summed E-state index contributed by atoms with van der Waals surface area (Å²) in [5.41, 5.74) is 1.77. The summed E-state index contributed by atoms with van der Waals surface area (Å²) in [5.74, 6) is -0.315. The van der Waals surface area contributed by atoms with Crippen LogP contribution in [0.4, 0.5) is 0 Å². The van der Waals surface area contributed by atoms with Gasteiger partial charge in [0.15, 0.2) is 0 Å². The van der Waals surface area contributed by atoms with E-state index in [0.717, 1.165) is 5.56 Å². The quantitative estimate of drug-likeness (QED) is 0.733. The minimum atomic E-state index is -3.62. The second-order valence-electron chi connectivity index (χ2n) is 5.59. The van der Waals surface area contributed by atoms with E-state index in [1.807, 2.05) is 13.0 Å². The van der Waals surface area contributed by atoms with Crippen LogP contribution < -0.4 is 10.0 Å². The van der Waals surface area contributed by atoms with Crippen molar-refractivity contribution in [3.8, 4) is 6.07 Å². The Labute approximate surface area is 153 Å². The Morgan fingerprint density at radius 2 is 1.81 bits per heavy atom. The largest absolute Gasteiger partial charge is 0.346 e. The lowest BCUT2D eigenvalue weighted by atomic mass is 10.1. The van der Waals surface area contributed by atoms with Crippen molar-refractivity contribution in [2.24, 2.45) is 0 Å². The van der Waals surface area contributed by atoms with Gasteiger partial charge in [-0.05, 0) is 48.9 Å². The number of benzene rings is 2. The van der Waals surface area contributed by atoms with Gasteiger partial charge in [-0.2, -0.15) is 5.26 Å². The van der Waals surface area contributed by atoms with Crippen LogP contribution in [0.1, 0.15) is 34.5 Å². The maximum absolute atomic E-state index is 12.3. The zero-order valence-electron chi connectivity index (χ0n) is 14.3. The molecule has 0 heterocycles. The molecule has 2 aromatic rings.